The lowest BCUT2D eigenvalue weighted by atomic mass is 10.1. The van der Waals surface area contributed by atoms with E-state index in [1.54, 1.807) is 6.33 Å². The van der Waals surface area contributed by atoms with Gasteiger partial charge in [0.2, 0.25) is 0 Å². The molecule has 1 aliphatic rings. The van der Waals surface area contributed by atoms with Crippen LogP contribution in [0.25, 0.3) is 0 Å². The summed E-state index contributed by atoms with van der Waals surface area (Å²) in [6, 6.07) is 1.02. The SMILES string of the molecule is CCCN(Cc1ncnn1C(C)C)C1CCCNC1. The summed E-state index contributed by atoms with van der Waals surface area (Å²) in [5.41, 5.74) is 0. The average molecular weight is 265 g/mol. The number of hydrogen-bond acceptors (Lipinski definition) is 4. The van der Waals surface area contributed by atoms with Crippen LogP contribution in [0.3, 0.4) is 0 Å². The van der Waals surface area contributed by atoms with Crippen molar-refractivity contribution in [2.24, 2.45) is 0 Å². The van der Waals surface area contributed by atoms with Crippen LogP contribution in [0.1, 0.15) is 51.9 Å². The van der Waals surface area contributed by atoms with Crippen LogP contribution in [0.5, 0.6) is 0 Å². The molecular weight excluding hydrogens is 238 g/mol. The van der Waals surface area contributed by atoms with E-state index in [0.29, 0.717) is 12.1 Å². The van der Waals surface area contributed by atoms with Crippen molar-refractivity contribution in [2.75, 3.05) is 19.6 Å². The maximum atomic E-state index is 4.44. The molecule has 2 heterocycles. The average Bonchev–Trinajstić information content (AvgIpc) is 2.88. The molecule has 0 saturated carbocycles. The van der Waals surface area contributed by atoms with E-state index in [2.05, 4.69) is 41.1 Å². The molecule has 0 amide bonds. The van der Waals surface area contributed by atoms with Crippen LogP contribution in [-0.2, 0) is 6.54 Å². The van der Waals surface area contributed by atoms with E-state index in [1.807, 2.05) is 4.68 Å². The minimum Gasteiger partial charge on any atom is -0.315 e. The number of rotatable bonds is 6. The lowest BCUT2D eigenvalue weighted by Gasteiger charge is -2.34. The summed E-state index contributed by atoms with van der Waals surface area (Å²) in [5, 5.41) is 7.84. The first-order valence-corrected chi connectivity index (χ1v) is 7.55. The Morgan fingerprint density at radius 3 is 3.00 bits per heavy atom. The van der Waals surface area contributed by atoms with E-state index in [4.69, 9.17) is 0 Å². The Balaban J connectivity index is 2.04. The molecule has 108 valence electrons. The smallest absolute Gasteiger partial charge is 0.141 e. The summed E-state index contributed by atoms with van der Waals surface area (Å²) >= 11 is 0. The predicted octanol–water partition coefficient (Wildman–Crippen LogP) is 1.82. The van der Waals surface area contributed by atoms with Gasteiger partial charge in [-0.15, -0.1) is 0 Å². The van der Waals surface area contributed by atoms with Gasteiger partial charge in [0, 0.05) is 18.6 Å². The Kier molecular flexibility index (Phi) is 5.34. The molecule has 1 aromatic rings. The van der Waals surface area contributed by atoms with E-state index < -0.39 is 0 Å². The molecule has 1 aromatic heterocycles. The number of aromatic nitrogens is 3. The molecule has 1 N–H and O–H groups in total. The molecule has 0 aliphatic carbocycles. The molecule has 0 bridgehead atoms. The van der Waals surface area contributed by atoms with Crippen LogP contribution in [0.2, 0.25) is 0 Å². The lowest BCUT2D eigenvalue weighted by molar-refractivity contribution is 0.151. The van der Waals surface area contributed by atoms with Gasteiger partial charge in [-0.2, -0.15) is 5.10 Å². The zero-order valence-electron chi connectivity index (χ0n) is 12.5. The molecule has 1 aliphatic heterocycles. The standard InChI is InChI=1S/C14H27N5/c1-4-8-18(13-6-5-7-15-9-13)10-14-16-11-17-19(14)12(2)3/h11-13,15H,4-10H2,1-3H3. The van der Waals surface area contributed by atoms with Gasteiger partial charge in [0.1, 0.15) is 12.2 Å². The van der Waals surface area contributed by atoms with Crippen molar-refractivity contribution in [3.8, 4) is 0 Å². The molecule has 1 atom stereocenters. The molecule has 5 heteroatoms. The Labute approximate surface area is 116 Å². The molecular formula is C14H27N5. The highest BCUT2D eigenvalue weighted by Crippen LogP contribution is 2.15. The van der Waals surface area contributed by atoms with Crippen LogP contribution in [-0.4, -0.2) is 45.3 Å². The van der Waals surface area contributed by atoms with Crippen molar-refractivity contribution < 1.29 is 0 Å². The summed E-state index contributed by atoms with van der Waals surface area (Å²) in [5.74, 6) is 1.09. The fraction of sp³-hybridized carbons (Fsp3) is 0.857. The van der Waals surface area contributed by atoms with E-state index in [-0.39, 0.29) is 0 Å². The lowest BCUT2D eigenvalue weighted by Crippen LogP contribution is -2.46. The minimum atomic E-state index is 0.380. The molecule has 1 unspecified atom stereocenters. The molecule has 0 radical (unpaired) electrons. The third kappa shape index (κ3) is 3.76. The molecule has 5 nitrogen and oxygen atoms in total. The van der Waals surface area contributed by atoms with E-state index >= 15 is 0 Å². The van der Waals surface area contributed by atoms with Gasteiger partial charge in [-0.3, -0.25) is 4.90 Å². The van der Waals surface area contributed by atoms with Gasteiger partial charge in [0.05, 0.1) is 6.54 Å². The Morgan fingerprint density at radius 1 is 1.53 bits per heavy atom. The summed E-state index contributed by atoms with van der Waals surface area (Å²) in [4.78, 5) is 7.01. The van der Waals surface area contributed by atoms with Gasteiger partial charge in [-0.05, 0) is 46.2 Å². The highest BCUT2D eigenvalue weighted by Gasteiger charge is 2.22. The predicted molar refractivity (Wildman–Crippen MR) is 77.0 cm³/mol. The highest BCUT2D eigenvalue weighted by molar-refractivity contribution is 4.89. The van der Waals surface area contributed by atoms with Crippen molar-refractivity contribution in [3.63, 3.8) is 0 Å². The zero-order valence-corrected chi connectivity index (χ0v) is 12.5. The summed E-state index contributed by atoms with van der Waals surface area (Å²) in [6.07, 6.45) is 5.44. The number of piperidine rings is 1. The number of nitrogens with zero attached hydrogens (tertiary/aromatic N) is 4. The molecule has 0 spiro atoms. The first-order valence-electron chi connectivity index (χ1n) is 7.55. The molecule has 19 heavy (non-hydrogen) atoms. The van der Waals surface area contributed by atoms with Crippen molar-refractivity contribution in [3.05, 3.63) is 12.2 Å². The number of hydrogen-bond donors (Lipinski definition) is 1. The fourth-order valence-electron chi connectivity index (χ4n) is 2.82. The van der Waals surface area contributed by atoms with Crippen molar-refractivity contribution in [1.82, 2.24) is 25.0 Å². The summed E-state index contributed by atoms with van der Waals surface area (Å²) in [7, 11) is 0. The zero-order chi connectivity index (χ0) is 13.7. The quantitative estimate of drug-likeness (QED) is 0.852. The van der Waals surface area contributed by atoms with Crippen LogP contribution in [0, 0.1) is 0 Å². The first kappa shape index (κ1) is 14.5. The maximum Gasteiger partial charge on any atom is 0.141 e. The van der Waals surface area contributed by atoms with Gasteiger partial charge >= 0.3 is 0 Å². The first-order chi connectivity index (χ1) is 9.22. The van der Waals surface area contributed by atoms with Crippen LogP contribution in [0.15, 0.2) is 6.33 Å². The third-order valence-corrected chi connectivity index (χ3v) is 3.78. The normalized spacial score (nSPS) is 20.4. The van der Waals surface area contributed by atoms with Gasteiger partial charge in [-0.25, -0.2) is 9.67 Å². The Bertz CT molecular complexity index is 368. The monoisotopic (exact) mass is 265 g/mol. The highest BCUT2D eigenvalue weighted by atomic mass is 15.4. The minimum absolute atomic E-state index is 0.380. The van der Waals surface area contributed by atoms with E-state index in [9.17, 15) is 0 Å². The number of nitrogens with one attached hydrogen (secondary N) is 1. The van der Waals surface area contributed by atoms with E-state index in [0.717, 1.165) is 25.5 Å². The summed E-state index contributed by atoms with van der Waals surface area (Å²) in [6.45, 7) is 10.9. The maximum absolute atomic E-state index is 4.44. The molecule has 1 saturated heterocycles. The second kappa shape index (κ2) is 7.01. The topological polar surface area (TPSA) is 46.0 Å². The Hall–Kier alpha value is -0.940. The van der Waals surface area contributed by atoms with E-state index in [1.165, 1.54) is 25.8 Å². The summed E-state index contributed by atoms with van der Waals surface area (Å²) < 4.78 is 2.04. The second-order valence-electron chi connectivity index (χ2n) is 5.69. The molecule has 2 rings (SSSR count). The van der Waals surface area contributed by atoms with Crippen molar-refractivity contribution >= 4 is 0 Å². The fourth-order valence-corrected chi connectivity index (χ4v) is 2.82. The third-order valence-electron chi connectivity index (χ3n) is 3.78. The van der Waals surface area contributed by atoms with Gasteiger partial charge < -0.3 is 5.32 Å². The Morgan fingerprint density at radius 2 is 2.37 bits per heavy atom. The van der Waals surface area contributed by atoms with Crippen molar-refractivity contribution in [1.29, 1.82) is 0 Å². The van der Waals surface area contributed by atoms with Crippen LogP contribution in [0.4, 0.5) is 0 Å². The van der Waals surface area contributed by atoms with Gasteiger partial charge in [0.25, 0.3) is 0 Å². The van der Waals surface area contributed by atoms with Crippen LogP contribution >= 0.6 is 0 Å². The largest absolute Gasteiger partial charge is 0.315 e. The second-order valence-corrected chi connectivity index (χ2v) is 5.69. The molecule has 0 aromatic carbocycles. The van der Waals surface area contributed by atoms with Crippen LogP contribution < -0.4 is 5.32 Å². The van der Waals surface area contributed by atoms with Gasteiger partial charge in [0.15, 0.2) is 0 Å². The van der Waals surface area contributed by atoms with Gasteiger partial charge in [-0.1, -0.05) is 6.92 Å². The van der Waals surface area contributed by atoms with Crippen molar-refractivity contribution in [2.45, 2.75) is 58.7 Å². The molecule has 1 fully saturated rings.